The van der Waals surface area contributed by atoms with Crippen molar-refractivity contribution in [3.63, 3.8) is 0 Å². The monoisotopic (exact) mass is 235 g/mol. The second-order valence-electron chi connectivity index (χ2n) is 3.80. The Morgan fingerprint density at radius 3 is 2.56 bits per heavy atom. The highest BCUT2D eigenvalue weighted by Crippen LogP contribution is 1.93. The lowest BCUT2D eigenvalue weighted by Gasteiger charge is -2.16. The molecule has 0 aliphatic carbocycles. The fraction of sp³-hybridized carbons (Fsp3) is 1.00. The van der Waals surface area contributed by atoms with Crippen molar-refractivity contribution >= 4 is 0 Å². The topological polar surface area (TPSA) is 60.0 Å². The van der Waals surface area contributed by atoms with Gasteiger partial charge in [0, 0.05) is 27.4 Å². The van der Waals surface area contributed by atoms with Gasteiger partial charge in [-0.3, -0.25) is 0 Å². The highest BCUT2D eigenvalue weighted by molar-refractivity contribution is 4.59. The van der Waals surface area contributed by atoms with Crippen molar-refractivity contribution in [3.8, 4) is 0 Å². The van der Waals surface area contributed by atoms with E-state index in [1.165, 1.54) is 0 Å². The smallest absolute Gasteiger partial charge is 0.0897 e. The van der Waals surface area contributed by atoms with E-state index < -0.39 is 6.10 Å². The molecular formula is C11H25NO4. The molecule has 2 unspecified atom stereocenters. The van der Waals surface area contributed by atoms with E-state index in [2.05, 4.69) is 5.32 Å². The molecule has 0 aliphatic heterocycles. The van der Waals surface area contributed by atoms with E-state index in [4.69, 9.17) is 14.2 Å². The lowest BCUT2D eigenvalue weighted by atomic mass is 10.3. The minimum atomic E-state index is -0.471. The second kappa shape index (κ2) is 11.3. The fourth-order valence-electron chi connectivity index (χ4n) is 1.23. The van der Waals surface area contributed by atoms with Crippen LogP contribution in [0.15, 0.2) is 0 Å². The molecule has 0 saturated carbocycles. The number of nitrogens with one attached hydrogen (secondary N) is 1. The van der Waals surface area contributed by atoms with Crippen molar-refractivity contribution in [2.45, 2.75) is 25.6 Å². The van der Waals surface area contributed by atoms with Crippen LogP contribution in [0, 0.1) is 0 Å². The molecule has 0 aromatic rings. The summed E-state index contributed by atoms with van der Waals surface area (Å²) < 4.78 is 15.2. The van der Waals surface area contributed by atoms with Gasteiger partial charge in [0.2, 0.25) is 0 Å². The number of ether oxygens (including phenoxy) is 3. The van der Waals surface area contributed by atoms with Crippen molar-refractivity contribution < 1.29 is 19.3 Å². The first kappa shape index (κ1) is 15.8. The molecule has 98 valence electrons. The zero-order chi connectivity index (χ0) is 12.2. The first-order chi connectivity index (χ1) is 7.70. The van der Waals surface area contributed by atoms with Crippen LogP contribution in [0.2, 0.25) is 0 Å². The summed E-state index contributed by atoms with van der Waals surface area (Å²) in [5, 5.41) is 12.7. The lowest BCUT2D eigenvalue weighted by Crippen LogP contribution is -2.33. The molecule has 0 bridgehead atoms. The largest absolute Gasteiger partial charge is 0.389 e. The van der Waals surface area contributed by atoms with Crippen LogP contribution in [0.25, 0.3) is 0 Å². The van der Waals surface area contributed by atoms with E-state index in [0.717, 1.165) is 19.6 Å². The third kappa shape index (κ3) is 10.3. The van der Waals surface area contributed by atoms with Crippen molar-refractivity contribution in [1.29, 1.82) is 0 Å². The van der Waals surface area contributed by atoms with E-state index in [9.17, 15) is 5.11 Å². The van der Waals surface area contributed by atoms with Crippen LogP contribution in [0.5, 0.6) is 0 Å². The normalized spacial score (nSPS) is 15.0. The summed E-state index contributed by atoms with van der Waals surface area (Å²) in [6.07, 6.45) is 0.499. The average Bonchev–Trinajstić information content (AvgIpc) is 2.26. The molecule has 2 N–H and O–H groups in total. The molecule has 0 radical (unpaired) electrons. The van der Waals surface area contributed by atoms with E-state index in [1.54, 1.807) is 14.2 Å². The summed E-state index contributed by atoms with van der Waals surface area (Å²) in [5.41, 5.74) is 0. The van der Waals surface area contributed by atoms with E-state index in [-0.39, 0.29) is 6.10 Å². The Balaban J connectivity index is 3.27. The first-order valence-electron chi connectivity index (χ1n) is 5.69. The van der Waals surface area contributed by atoms with Gasteiger partial charge in [-0.25, -0.2) is 0 Å². The number of hydrogen-bond donors (Lipinski definition) is 2. The lowest BCUT2D eigenvalue weighted by molar-refractivity contribution is -0.0310. The Labute approximate surface area is 98.1 Å². The molecule has 16 heavy (non-hydrogen) atoms. The summed E-state index contributed by atoms with van der Waals surface area (Å²) in [6, 6.07) is 0. The van der Waals surface area contributed by atoms with Gasteiger partial charge in [-0.05, 0) is 19.9 Å². The van der Waals surface area contributed by atoms with Gasteiger partial charge < -0.3 is 24.6 Å². The summed E-state index contributed by atoms with van der Waals surface area (Å²) in [5.74, 6) is 0. The number of hydrogen-bond acceptors (Lipinski definition) is 5. The average molecular weight is 235 g/mol. The molecule has 0 aromatic heterocycles. The van der Waals surface area contributed by atoms with Crippen molar-refractivity contribution in [2.24, 2.45) is 0 Å². The summed E-state index contributed by atoms with van der Waals surface area (Å²) >= 11 is 0. The van der Waals surface area contributed by atoms with Gasteiger partial charge in [-0.15, -0.1) is 0 Å². The highest BCUT2D eigenvalue weighted by Gasteiger charge is 2.07. The summed E-state index contributed by atoms with van der Waals surface area (Å²) in [4.78, 5) is 0. The Morgan fingerprint density at radius 1 is 1.19 bits per heavy atom. The van der Waals surface area contributed by atoms with Gasteiger partial charge in [-0.2, -0.15) is 0 Å². The number of rotatable bonds is 11. The molecule has 5 heteroatoms. The van der Waals surface area contributed by atoms with Gasteiger partial charge in [0.1, 0.15) is 0 Å². The Hall–Kier alpha value is -0.200. The van der Waals surface area contributed by atoms with Crippen molar-refractivity contribution in [1.82, 2.24) is 5.32 Å². The van der Waals surface area contributed by atoms with Gasteiger partial charge in [0.15, 0.2) is 0 Å². The Morgan fingerprint density at radius 2 is 1.94 bits per heavy atom. The quantitative estimate of drug-likeness (QED) is 0.495. The van der Waals surface area contributed by atoms with E-state index >= 15 is 0 Å². The number of aliphatic hydroxyl groups is 1. The Bertz CT molecular complexity index is 146. The van der Waals surface area contributed by atoms with Gasteiger partial charge in [-0.1, -0.05) is 0 Å². The fourth-order valence-corrected chi connectivity index (χ4v) is 1.23. The summed E-state index contributed by atoms with van der Waals surface area (Å²) in [6.45, 7) is 4.93. The molecule has 2 atom stereocenters. The van der Waals surface area contributed by atoms with Crippen molar-refractivity contribution in [3.05, 3.63) is 0 Å². The predicted molar refractivity (Wildman–Crippen MR) is 62.7 cm³/mol. The molecule has 0 heterocycles. The first-order valence-corrected chi connectivity index (χ1v) is 5.69. The molecule has 0 aromatic carbocycles. The maximum absolute atomic E-state index is 9.56. The SMILES string of the molecule is COCCCNCC(O)COC(C)COC. The van der Waals surface area contributed by atoms with Crippen LogP contribution in [0.4, 0.5) is 0 Å². The van der Waals surface area contributed by atoms with Crippen LogP contribution in [-0.4, -0.2) is 64.4 Å². The molecule has 0 spiro atoms. The minimum Gasteiger partial charge on any atom is -0.389 e. The second-order valence-corrected chi connectivity index (χ2v) is 3.80. The van der Waals surface area contributed by atoms with Crippen LogP contribution < -0.4 is 5.32 Å². The van der Waals surface area contributed by atoms with Crippen LogP contribution in [0.3, 0.4) is 0 Å². The van der Waals surface area contributed by atoms with Gasteiger partial charge in [0.05, 0.1) is 25.4 Å². The van der Waals surface area contributed by atoms with E-state index in [0.29, 0.717) is 19.8 Å². The molecule has 0 saturated heterocycles. The third-order valence-corrected chi connectivity index (χ3v) is 2.06. The number of aliphatic hydroxyl groups excluding tert-OH is 1. The zero-order valence-electron chi connectivity index (χ0n) is 10.6. The van der Waals surface area contributed by atoms with Gasteiger partial charge >= 0.3 is 0 Å². The van der Waals surface area contributed by atoms with Crippen LogP contribution in [0.1, 0.15) is 13.3 Å². The van der Waals surface area contributed by atoms with Gasteiger partial charge in [0.25, 0.3) is 0 Å². The Kier molecular flexibility index (Phi) is 11.1. The van der Waals surface area contributed by atoms with Crippen LogP contribution >= 0.6 is 0 Å². The molecular weight excluding hydrogens is 210 g/mol. The van der Waals surface area contributed by atoms with Crippen molar-refractivity contribution in [2.75, 3.05) is 47.1 Å². The molecule has 0 amide bonds. The minimum absolute atomic E-state index is 0.0214. The highest BCUT2D eigenvalue weighted by atomic mass is 16.5. The van der Waals surface area contributed by atoms with E-state index in [1.807, 2.05) is 6.92 Å². The maximum Gasteiger partial charge on any atom is 0.0897 e. The standard InChI is InChI=1S/C11H25NO4/c1-10(8-15-3)16-9-11(13)7-12-5-4-6-14-2/h10-13H,4-9H2,1-3H3. The predicted octanol–water partition coefficient (Wildman–Crippen LogP) is 0.0249. The summed E-state index contributed by atoms with van der Waals surface area (Å²) in [7, 11) is 3.31. The zero-order valence-corrected chi connectivity index (χ0v) is 10.6. The number of methoxy groups -OCH3 is 2. The van der Waals surface area contributed by atoms with Crippen LogP contribution in [-0.2, 0) is 14.2 Å². The molecule has 0 aliphatic rings. The molecule has 5 nitrogen and oxygen atoms in total. The molecule has 0 fully saturated rings. The third-order valence-electron chi connectivity index (χ3n) is 2.06. The maximum atomic E-state index is 9.56. The molecule has 0 rings (SSSR count).